The van der Waals surface area contributed by atoms with Crippen molar-refractivity contribution in [2.24, 2.45) is 11.8 Å². The van der Waals surface area contributed by atoms with Gasteiger partial charge < -0.3 is 9.84 Å². The number of aromatic nitrogens is 2. The van der Waals surface area contributed by atoms with Crippen molar-refractivity contribution >= 4 is 0 Å². The van der Waals surface area contributed by atoms with Crippen LogP contribution in [0.4, 0.5) is 0 Å². The SMILES string of the molecule is C1CN(Cc2noc(C3CC4CCC3C4)n2)CCN1. The molecule has 2 bridgehead atoms. The lowest BCUT2D eigenvalue weighted by atomic mass is 9.89. The number of piperazine rings is 1. The highest BCUT2D eigenvalue weighted by atomic mass is 16.5. The molecule has 5 nitrogen and oxygen atoms in total. The molecular weight excluding hydrogens is 240 g/mol. The minimum atomic E-state index is 0.558. The highest BCUT2D eigenvalue weighted by Gasteiger charge is 2.42. The Balaban J connectivity index is 1.41. The normalized spacial score (nSPS) is 35.1. The largest absolute Gasteiger partial charge is 0.339 e. The van der Waals surface area contributed by atoms with E-state index < -0.39 is 0 Å². The molecule has 1 saturated heterocycles. The second kappa shape index (κ2) is 4.87. The van der Waals surface area contributed by atoms with Crippen LogP contribution in [0.5, 0.6) is 0 Å². The van der Waals surface area contributed by atoms with Crippen molar-refractivity contribution in [2.45, 2.75) is 38.1 Å². The Morgan fingerprint density at radius 1 is 1.21 bits per heavy atom. The van der Waals surface area contributed by atoms with Crippen molar-refractivity contribution in [1.29, 1.82) is 0 Å². The molecule has 1 aromatic rings. The lowest BCUT2D eigenvalue weighted by Gasteiger charge is -2.25. The molecule has 0 amide bonds. The highest BCUT2D eigenvalue weighted by molar-refractivity contribution is 5.05. The van der Waals surface area contributed by atoms with E-state index in [4.69, 9.17) is 4.52 Å². The van der Waals surface area contributed by atoms with Crippen LogP contribution < -0.4 is 5.32 Å². The first-order valence-corrected chi connectivity index (χ1v) is 7.64. The molecule has 5 heteroatoms. The van der Waals surface area contributed by atoms with Crippen LogP contribution >= 0.6 is 0 Å². The molecule has 2 saturated carbocycles. The summed E-state index contributed by atoms with van der Waals surface area (Å²) < 4.78 is 5.54. The van der Waals surface area contributed by atoms with E-state index in [-0.39, 0.29) is 0 Å². The maximum atomic E-state index is 5.54. The first-order valence-electron chi connectivity index (χ1n) is 7.64. The van der Waals surface area contributed by atoms with Crippen LogP contribution in [0.1, 0.15) is 43.3 Å². The third kappa shape index (κ3) is 2.30. The van der Waals surface area contributed by atoms with Crippen LogP contribution in [-0.2, 0) is 6.54 Å². The number of nitrogens with zero attached hydrogens (tertiary/aromatic N) is 3. The van der Waals surface area contributed by atoms with E-state index in [2.05, 4.69) is 20.4 Å². The summed E-state index contributed by atoms with van der Waals surface area (Å²) >= 11 is 0. The fourth-order valence-corrected chi connectivity index (χ4v) is 4.10. The van der Waals surface area contributed by atoms with E-state index in [0.29, 0.717) is 5.92 Å². The standard InChI is InChI=1S/C14H22N4O/c1-2-11-7-10(1)8-12(11)14-16-13(17-19-14)9-18-5-3-15-4-6-18/h10-12,15H,1-9H2. The summed E-state index contributed by atoms with van der Waals surface area (Å²) in [6.07, 6.45) is 5.45. The van der Waals surface area contributed by atoms with Crippen molar-refractivity contribution in [3.8, 4) is 0 Å². The summed E-state index contributed by atoms with van der Waals surface area (Å²) in [6.45, 7) is 5.14. The maximum Gasteiger partial charge on any atom is 0.230 e. The molecule has 0 radical (unpaired) electrons. The lowest BCUT2D eigenvalue weighted by molar-refractivity contribution is 0.224. The topological polar surface area (TPSA) is 54.2 Å². The molecule has 4 rings (SSSR count). The van der Waals surface area contributed by atoms with Gasteiger partial charge in [0.15, 0.2) is 5.82 Å². The summed E-state index contributed by atoms with van der Waals surface area (Å²) in [5.41, 5.74) is 0. The molecule has 3 atom stereocenters. The van der Waals surface area contributed by atoms with Gasteiger partial charge in [0.25, 0.3) is 0 Å². The number of hydrogen-bond donors (Lipinski definition) is 1. The van der Waals surface area contributed by atoms with Gasteiger partial charge in [-0.05, 0) is 31.1 Å². The van der Waals surface area contributed by atoms with Crippen LogP contribution in [0.3, 0.4) is 0 Å². The fraction of sp³-hybridized carbons (Fsp3) is 0.857. The van der Waals surface area contributed by atoms with Crippen molar-refractivity contribution in [3.63, 3.8) is 0 Å². The highest BCUT2D eigenvalue weighted by Crippen LogP contribution is 2.52. The van der Waals surface area contributed by atoms with E-state index in [0.717, 1.165) is 56.3 Å². The molecule has 2 heterocycles. The summed E-state index contributed by atoms with van der Waals surface area (Å²) in [6, 6.07) is 0. The minimum absolute atomic E-state index is 0.558. The van der Waals surface area contributed by atoms with Gasteiger partial charge in [0, 0.05) is 32.1 Å². The van der Waals surface area contributed by atoms with E-state index in [9.17, 15) is 0 Å². The van der Waals surface area contributed by atoms with Gasteiger partial charge >= 0.3 is 0 Å². The average molecular weight is 262 g/mol. The zero-order valence-electron chi connectivity index (χ0n) is 11.3. The molecule has 0 aromatic carbocycles. The first kappa shape index (κ1) is 11.9. The molecule has 19 heavy (non-hydrogen) atoms. The predicted octanol–water partition coefficient (Wildman–Crippen LogP) is 1.38. The summed E-state index contributed by atoms with van der Waals surface area (Å²) in [5.74, 6) is 4.09. The third-order valence-electron chi connectivity index (χ3n) is 5.11. The van der Waals surface area contributed by atoms with Gasteiger partial charge in [-0.3, -0.25) is 4.90 Å². The Hall–Kier alpha value is -0.940. The van der Waals surface area contributed by atoms with E-state index in [1.165, 1.54) is 25.7 Å². The Morgan fingerprint density at radius 3 is 2.84 bits per heavy atom. The summed E-state index contributed by atoms with van der Waals surface area (Å²) in [4.78, 5) is 7.06. The van der Waals surface area contributed by atoms with E-state index in [1.807, 2.05) is 0 Å². The van der Waals surface area contributed by atoms with Crippen molar-refractivity contribution in [2.75, 3.05) is 26.2 Å². The molecule has 2 aliphatic carbocycles. The first-order chi connectivity index (χ1) is 9.38. The van der Waals surface area contributed by atoms with Crippen LogP contribution in [-0.4, -0.2) is 41.2 Å². The smallest absolute Gasteiger partial charge is 0.230 e. The molecule has 1 N–H and O–H groups in total. The number of hydrogen-bond acceptors (Lipinski definition) is 5. The van der Waals surface area contributed by atoms with E-state index >= 15 is 0 Å². The predicted molar refractivity (Wildman–Crippen MR) is 70.6 cm³/mol. The molecule has 104 valence electrons. The Bertz CT molecular complexity index is 440. The van der Waals surface area contributed by atoms with Crippen LogP contribution in [0.25, 0.3) is 0 Å². The van der Waals surface area contributed by atoms with Crippen molar-refractivity contribution in [3.05, 3.63) is 11.7 Å². The Labute approximate surface area is 113 Å². The van der Waals surface area contributed by atoms with Gasteiger partial charge in [0.05, 0.1) is 6.54 Å². The van der Waals surface area contributed by atoms with Gasteiger partial charge in [-0.15, -0.1) is 0 Å². The summed E-state index contributed by atoms with van der Waals surface area (Å²) in [7, 11) is 0. The quantitative estimate of drug-likeness (QED) is 0.892. The molecule has 3 fully saturated rings. The van der Waals surface area contributed by atoms with Gasteiger partial charge in [-0.25, -0.2) is 0 Å². The van der Waals surface area contributed by atoms with E-state index in [1.54, 1.807) is 0 Å². The third-order valence-corrected chi connectivity index (χ3v) is 5.11. The van der Waals surface area contributed by atoms with Crippen molar-refractivity contribution < 1.29 is 4.52 Å². The zero-order valence-corrected chi connectivity index (χ0v) is 11.3. The number of fused-ring (bicyclic) bond motifs is 2. The lowest BCUT2D eigenvalue weighted by Crippen LogP contribution is -2.43. The van der Waals surface area contributed by atoms with Gasteiger partial charge in [-0.1, -0.05) is 11.6 Å². The molecule has 3 unspecified atom stereocenters. The molecular formula is C14H22N4O. The van der Waals surface area contributed by atoms with Crippen LogP contribution in [0.15, 0.2) is 4.52 Å². The van der Waals surface area contributed by atoms with Gasteiger partial charge in [0.1, 0.15) is 0 Å². The fourth-order valence-electron chi connectivity index (χ4n) is 4.10. The zero-order chi connectivity index (χ0) is 12.7. The molecule has 1 aliphatic heterocycles. The number of rotatable bonds is 3. The van der Waals surface area contributed by atoms with Gasteiger partial charge in [0.2, 0.25) is 5.89 Å². The Kier molecular flexibility index (Phi) is 3.04. The maximum absolute atomic E-state index is 5.54. The molecule has 0 spiro atoms. The second-order valence-corrected chi connectivity index (χ2v) is 6.36. The summed E-state index contributed by atoms with van der Waals surface area (Å²) in [5, 5.41) is 7.55. The second-order valence-electron chi connectivity index (χ2n) is 6.36. The minimum Gasteiger partial charge on any atom is -0.339 e. The molecule has 3 aliphatic rings. The number of nitrogens with one attached hydrogen (secondary N) is 1. The van der Waals surface area contributed by atoms with Gasteiger partial charge in [-0.2, -0.15) is 4.98 Å². The monoisotopic (exact) mass is 262 g/mol. The average Bonchev–Trinajstić information content (AvgIpc) is 3.15. The van der Waals surface area contributed by atoms with Crippen LogP contribution in [0.2, 0.25) is 0 Å². The van der Waals surface area contributed by atoms with Crippen LogP contribution in [0, 0.1) is 11.8 Å². The molecule has 1 aromatic heterocycles. The Morgan fingerprint density at radius 2 is 2.11 bits per heavy atom. The van der Waals surface area contributed by atoms with Crippen molar-refractivity contribution in [1.82, 2.24) is 20.4 Å².